The molecule has 0 radical (unpaired) electrons. The molecule has 0 heterocycles. The molecule has 1 unspecified atom stereocenters. The second-order valence-electron chi connectivity index (χ2n) is 6.08. The van der Waals surface area contributed by atoms with Gasteiger partial charge in [0.1, 0.15) is 6.04 Å². The maximum Gasteiger partial charge on any atom is 0.408 e. The normalized spacial score (nSPS) is 15.7. The largest absolute Gasteiger partial charge is 0.408 e. The van der Waals surface area contributed by atoms with Crippen LogP contribution in [-0.4, -0.2) is 15.1 Å². The van der Waals surface area contributed by atoms with Gasteiger partial charge in [-0.05, 0) is 43.2 Å². The van der Waals surface area contributed by atoms with Crippen LogP contribution in [0.4, 0.5) is 13.2 Å². The van der Waals surface area contributed by atoms with E-state index in [1.807, 2.05) is 12.1 Å². The van der Waals surface area contributed by atoms with Gasteiger partial charge in [-0.3, -0.25) is 0 Å². The number of rotatable bonds is 3. The topological polar surface area (TPSA) is 29.1 Å². The summed E-state index contributed by atoms with van der Waals surface area (Å²) < 4.78 is 53.6. The van der Waals surface area contributed by atoms with Gasteiger partial charge >= 0.3 is 6.18 Å². The lowest BCUT2D eigenvalue weighted by Crippen LogP contribution is -2.41. The number of fused-ring (bicyclic) bond motifs is 1. The zero-order valence-electron chi connectivity index (χ0n) is 12.6. The van der Waals surface area contributed by atoms with Crippen LogP contribution >= 0.6 is 0 Å². The molecule has 2 nitrogen and oxygen atoms in total. The summed E-state index contributed by atoms with van der Waals surface area (Å²) in [6, 6.07) is 9.79. The number of nitrogens with one attached hydrogen (secondary N) is 1. The monoisotopic (exact) mass is 329 g/mol. The number of hydrogen-bond donors (Lipinski definition) is 1. The van der Waals surface area contributed by atoms with Crippen LogP contribution in [0, 0.1) is 0 Å². The molecule has 0 saturated carbocycles. The molecule has 0 aromatic heterocycles. The average Bonchev–Trinajstić information content (AvgIpc) is 2.41. The van der Waals surface area contributed by atoms with Crippen molar-refractivity contribution in [2.45, 2.75) is 37.7 Å². The van der Waals surface area contributed by atoms with E-state index in [1.54, 1.807) is 39.0 Å². The first-order chi connectivity index (χ1) is 10.1. The fourth-order valence-corrected chi connectivity index (χ4v) is 2.83. The molecule has 2 aromatic rings. The van der Waals surface area contributed by atoms with Gasteiger partial charge in [0.05, 0.1) is 15.7 Å². The van der Waals surface area contributed by atoms with Crippen LogP contribution in [0.2, 0.25) is 0 Å². The van der Waals surface area contributed by atoms with Crippen LogP contribution in [0.3, 0.4) is 0 Å². The van der Waals surface area contributed by atoms with Gasteiger partial charge in [0.25, 0.3) is 0 Å². The molecule has 0 aliphatic rings. The van der Waals surface area contributed by atoms with Crippen molar-refractivity contribution in [3.63, 3.8) is 0 Å². The van der Waals surface area contributed by atoms with Crippen molar-refractivity contribution in [3.05, 3.63) is 48.0 Å². The molecule has 0 fully saturated rings. The van der Waals surface area contributed by atoms with Crippen LogP contribution in [0.25, 0.3) is 10.8 Å². The summed E-state index contributed by atoms with van der Waals surface area (Å²) in [5.41, 5.74) is 0.0591. The third-order valence-electron chi connectivity index (χ3n) is 3.22. The molecule has 6 heteroatoms. The second-order valence-corrected chi connectivity index (χ2v) is 8.08. The quantitative estimate of drug-likeness (QED) is 0.883. The highest BCUT2D eigenvalue weighted by molar-refractivity contribution is 7.84. The molecule has 120 valence electrons. The molecule has 2 aromatic carbocycles. The minimum Gasteiger partial charge on any atom is -0.242 e. The first kappa shape index (κ1) is 17.0. The Morgan fingerprint density at radius 2 is 1.59 bits per heavy atom. The fraction of sp³-hybridized carbons (Fsp3) is 0.375. The van der Waals surface area contributed by atoms with E-state index in [-0.39, 0.29) is 5.56 Å². The van der Waals surface area contributed by atoms with Crippen LogP contribution in [0.1, 0.15) is 32.4 Å². The van der Waals surface area contributed by atoms with E-state index in [9.17, 15) is 17.4 Å². The summed E-state index contributed by atoms with van der Waals surface area (Å²) in [5, 5.41) is 1.58. The highest BCUT2D eigenvalue weighted by atomic mass is 32.2. The van der Waals surface area contributed by atoms with Gasteiger partial charge in [-0.15, -0.1) is 0 Å². The Hall–Kier alpha value is -1.40. The summed E-state index contributed by atoms with van der Waals surface area (Å²) in [6.45, 7) is 4.89. The summed E-state index contributed by atoms with van der Waals surface area (Å²) in [4.78, 5) is 0. The molecule has 0 saturated heterocycles. The molecule has 22 heavy (non-hydrogen) atoms. The minimum atomic E-state index is -4.52. The first-order valence-electron chi connectivity index (χ1n) is 6.82. The van der Waals surface area contributed by atoms with Crippen LogP contribution in [-0.2, 0) is 11.0 Å². The lowest BCUT2D eigenvalue weighted by Gasteiger charge is -2.26. The van der Waals surface area contributed by atoms with E-state index in [1.165, 1.54) is 12.1 Å². The van der Waals surface area contributed by atoms with E-state index >= 15 is 0 Å². The Morgan fingerprint density at radius 1 is 1.00 bits per heavy atom. The number of hydrogen-bond acceptors (Lipinski definition) is 1. The summed E-state index contributed by atoms with van der Waals surface area (Å²) in [5.74, 6) is 0. The maximum atomic E-state index is 13.4. The smallest absolute Gasteiger partial charge is 0.242 e. The lowest BCUT2D eigenvalue weighted by atomic mass is 10.0. The molecule has 0 spiro atoms. The number of halogens is 3. The number of alkyl halides is 3. The lowest BCUT2D eigenvalue weighted by molar-refractivity contribution is -0.152. The minimum absolute atomic E-state index is 0.0591. The molecule has 0 aliphatic carbocycles. The highest BCUT2D eigenvalue weighted by Crippen LogP contribution is 2.35. The molecule has 0 bridgehead atoms. The van der Waals surface area contributed by atoms with E-state index in [0.29, 0.717) is 0 Å². The molecule has 0 amide bonds. The Balaban J connectivity index is 2.42. The van der Waals surface area contributed by atoms with E-state index < -0.39 is 28.0 Å². The molecule has 2 atom stereocenters. The van der Waals surface area contributed by atoms with Crippen LogP contribution in [0.5, 0.6) is 0 Å². The van der Waals surface area contributed by atoms with Gasteiger partial charge in [0.2, 0.25) is 0 Å². The Kier molecular flexibility index (Phi) is 4.63. The van der Waals surface area contributed by atoms with Crippen molar-refractivity contribution < 1.29 is 17.4 Å². The predicted octanol–water partition coefficient (Wildman–Crippen LogP) is 4.50. The van der Waals surface area contributed by atoms with Gasteiger partial charge in [0.15, 0.2) is 0 Å². The summed E-state index contributed by atoms with van der Waals surface area (Å²) in [6.07, 6.45) is -4.52. The van der Waals surface area contributed by atoms with Crippen molar-refractivity contribution >= 4 is 21.8 Å². The summed E-state index contributed by atoms with van der Waals surface area (Å²) in [7, 11) is -1.82. The van der Waals surface area contributed by atoms with Gasteiger partial charge in [-0.2, -0.15) is 13.2 Å². The van der Waals surface area contributed by atoms with Gasteiger partial charge in [-0.25, -0.2) is 8.93 Å². The predicted molar refractivity (Wildman–Crippen MR) is 83.8 cm³/mol. The summed E-state index contributed by atoms with van der Waals surface area (Å²) >= 11 is 0. The van der Waals surface area contributed by atoms with E-state index in [2.05, 4.69) is 4.72 Å². The second kappa shape index (κ2) is 6.01. The van der Waals surface area contributed by atoms with Crippen LogP contribution < -0.4 is 4.72 Å². The van der Waals surface area contributed by atoms with Crippen molar-refractivity contribution in [1.29, 1.82) is 0 Å². The van der Waals surface area contributed by atoms with Crippen LogP contribution in [0.15, 0.2) is 42.5 Å². The third-order valence-corrected chi connectivity index (χ3v) is 4.78. The zero-order chi connectivity index (χ0) is 16.5. The molecule has 1 N–H and O–H groups in total. The molecule has 2 rings (SSSR count). The Bertz CT molecular complexity index is 692. The maximum absolute atomic E-state index is 13.4. The zero-order valence-corrected chi connectivity index (χ0v) is 13.4. The molecule has 0 aliphatic heterocycles. The first-order valence-corrected chi connectivity index (χ1v) is 7.97. The Morgan fingerprint density at radius 3 is 2.14 bits per heavy atom. The standard InChI is InChI=1S/C16H18F3NOS/c1-15(2,3)22(21)20-14(16(17,18)19)13-9-8-11-6-4-5-7-12(11)10-13/h4-10,14,20H,1-3H3/t14-,22?/m0/s1. The number of benzene rings is 2. The van der Waals surface area contributed by atoms with E-state index in [4.69, 9.17) is 0 Å². The fourth-order valence-electron chi connectivity index (χ4n) is 2.00. The van der Waals surface area contributed by atoms with Crippen molar-refractivity contribution in [3.8, 4) is 0 Å². The SMILES string of the molecule is CC(C)(C)S(=O)N[C@@H](c1ccc2ccccc2c1)C(F)(F)F. The highest BCUT2D eigenvalue weighted by Gasteiger charge is 2.43. The molecular weight excluding hydrogens is 311 g/mol. The van der Waals surface area contributed by atoms with Crippen molar-refractivity contribution in [1.82, 2.24) is 4.72 Å². The van der Waals surface area contributed by atoms with Gasteiger partial charge < -0.3 is 0 Å². The molecular formula is C16H18F3NOS. The Labute approximate surface area is 130 Å². The van der Waals surface area contributed by atoms with Gasteiger partial charge in [-0.1, -0.05) is 36.4 Å². The van der Waals surface area contributed by atoms with Crippen molar-refractivity contribution in [2.75, 3.05) is 0 Å². The van der Waals surface area contributed by atoms with Gasteiger partial charge in [0, 0.05) is 0 Å². The van der Waals surface area contributed by atoms with Crippen molar-refractivity contribution in [2.24, 2.45) is 0 Å². The third kappa shape index (κ3) is 3.87. The van der Waals surface area contributed by atoms with E-state index in [0.717, 1.165) is 10.8 Å². The average molecular weight is 329 g/mol.